The molecule has 1 aromatic heterocycles. The van der Waals surface area contributed by atoms with Crippen molar-refractivity contribution in [1.29, 1.82) is 0 Å². The average Bonchev–Trinajstić information content (AvgIpc) is 2.72. The molecule has 0 fully saturated rings. The van der Waals surface area contributed by atoms with Crippen molar-refractivity contribution in [3.63, 3.8) is 0 Å². The zero-order valence-electron chi connectivity index (χ0n) is 9.90. The minimum atomic E-state index is 0.287. The summed E-state index contributed by atoms with van der Waals surface area (Å²) in [5.41, 5.74) is 4.21. The van der Waals surface area contributed by atoms with E-state index in [0.29, 0.717) is 0 Å². The van der Waals surface area contributed by atoms with Gasteiger partial charge in [-0.2, -0.15) is 0 Å². The van der Waals surface area contributed by atoms with Gasteiger partial charge in [0.15, 0.2) is 0 Å². The summed E-state index contributed by atoms with van der Waals surface area (Å²) in [5.74, 6) is 0. The normalized spacial score (nSPS) is 12.6. The predicted molar refractivity (Wildman–Crippen MR) is 73.6 cm³/mol. The Balaban J connectivity index is 1.98. The van der Waals surface area contributed by atoms with E-state index in [-0.39, 0.29) is 6.04 Å². The Bertz CT molecular complexity index is 496. The maximum Gasteiger partial charge on any atom is 0.0798 e. The van der Waals surface area contributed by atoms with Crippen molar-refractivity contribution in [3.8, 4) is 0 Å². The van der Waals surface area contributed by atoms with Crippen LogP contribution in [0.25, 0.3) is 0 Å². The number of hydrogen-bond donors (Lipinski definition) is 1. The number of aromatic nitrogens is 1. The number of nitrogens with zero attached hydrogens (tertiary/aromatic N) is 1. The third-order valence-corrected chi connectivity index (χ3v) is 3.93. The molecule has 2 rings (SSSR count). The Labute approximate surface area is 111 Å². The van der Waals surface area contributed by atoms with Crippen LogP contribution in [0.15, 0.2) is 29.8 Å². The lowest BCUT2D eigenvalue weighted by Gasteiger charge is -2.14. The second kappa shape index (κ2) is 5.63. The van der Waals surface area contributed by atoms with Crippen LogP contribution in [0.5, 0.6) is 0 Å². The van der Waals surface area contributed by atoms with Crippen molar-refractivity contribution in [3.05, 3.63) is 50.9 Å². The smallest absolute Gasteiger partial charge is 0.0798 e. The van der Waals surface area contributed by atoms with Crippen molar-refractivity contribution >= 4 is 22.9 Å². The number of thiazole rings is 1. The maximum atomic E-state index is 5.98. The summed E-state index contributed by atoms with van der Waals surface area (Å²) in [6, 6.07) is 8.25. The second-order valence-electron chi connectivity index (χ2n) is 4.02. The maximum absolute atomic E-state index is 5.98. The number of halogens is 1. The number of nitrogens with one attached hydrogen (secondary N) is 1. The van der Waals surface area contributed by atoms with Crippen LogP contribution in [0, 0.1) is 6.92 Å². The lowest BCUT2D eigenvalue weighted by atomic mass is 10.1. The monoisotopic (exact) mass is 266 g/mol. The highest BCUT2D eigenvalue weighted by molar-refractivity contribution is 7.09. The molecule has 0 aliphatic carbocycles. The van der Waals surface area contributed by atoms with Crippen LogP contribution in [0.1, 0.15) is 29.1 Å². The van der Waals surface area contributed by atoms with Gasteiger partial charge in [-0.25, -0.2) is 4.98 Å². The van der Waals surface area contributed by atoms with Crippen LogP contribution in [-0.4, -0.2) is 4.98 Å². The molecule has 1 heterocycles. The second-order valence-corrected chi connectivity index (χ2v) is 5.39. The first-order chi connectivity index (χ1) is 8.16. The van der Waals surface area contributed by atoms with Crippen LogP contribution in [-0.2, 0) is 6.54 Å². The van der Waals surface area contributed by atoms with Crippen molar-refractivity contribution in [2.45, 2.75) is 26.4 Å². The van der Waals surface area contributed by atoms with Crippen LogP contribution in [0.2, 0.25) is 5.02 Å². The molecule has 0 spiro atoms. The first-order valence-corrected chi connectivity index (χ1v) is 6.80. The van der Waals surface area contributed by atoms with Crippen LogP contribution in [0.4, 0.5) is 0 Å². The van der Waals surface area contributed by atoms with E-state index in [2.05, 4.69) is 23.3 Å². The molecule has 0 unspecified atom stereocenters. The lowest BCUT2D eigenvalue weighted by molar-refractivity contribution is 0.577. The van der Waals surface area contributed by atoms with E-state index in [0.717, 1.165) is 17.3 Å². The first kappa shape index (κ1) is 12.6. The summed E-state index contributed by atoms with van der Waals surface area (Å²) in [6.07, 6.45) is 0. The molecule has 0 saturated carbocycles. The molecular formula is C13H15ClN2S. The molecule has 0 radical (unpaired) electrons. The van der Waals surface area contributed by atoms with Gasteiger partial charge in [-0.05, 0) is 31.5 Å². The van der Waals surface area contributed by atoms with Gasteiger partial charge in [0.25, 0.3) is 0 Å². The number of hydrogen-bond acceptors (Lipinski definition) is 3. The fourth-order valence-electron chi connectivity index (χ4n) is 1.64. The summed E-state index contributed by atoms with van der Waals surface area (Å²) < 4.78 is 0. The van der Waals surface area contributed by atoms with E-state index in [4.69, 9.17) is 11.6 Å². The van der Waals surface area contributed by atoms with Gasteiger partial charge in [0, 0.05) is 22.5 Å². The van der Waals surface area contributed by atoms with Gasteiger partial charge in [0.1, 0.15) is 0 Å². The molecule has 1 aromatic carbocycles. The standard InChI is InChI=1S/C13H15ClN2S/c1-9(11-4-3-5-12(14)6-11)15-7-13-10(2)16-8-17-13/h3-6,8-9,15H,7H2,1-2H3/t9-/m0/s1. The summed E-state index contributed by atoms with van der Waals surface area (Å²) in [4.78, 5) is 5.53. The third kappa shape index (κ3) is 3.28. The van der Waals surface area contributed by atoms with Gasteiger partial charge in [-0.1, -0.05) is 23.7 Å². The predicted octanol–water partition coefficient (Wildman–Crippen LogP) is 3.96. The molecule has 0 bridgehead atoms. The summed E-state index contributed by atoms with van der Waals surface area (Å²) in [5, 5.41) is 4.26. The average molecular weight is 267 g/mol. The van der Waals surface area contributed by atoms with Gasteiger partial charge in [0.05, 0.1) is 11.2 Å². The molecular weight excluding hydrogens is 252 g/mol. The lowest BCUT2D eigenvalue weighted by Crippen LogP contribution is -2.17. The Kier molecular flexibility index (Phi) is 4.15. The highest BCUT2D eigenvalue weighted by Crippen LogP contribution is 2.19. The van der Waals surface area contributed by atoms with Gasteiger partial charge in [-0.3, -0.25) is 0 Å². The summed E-state index contributed by atoms with van der Waals surface area (Å²) in [6.45, 7) is 5.03. The molecule has 1 N–H and O–H groups in total. The van der Waals surface area contributed by atoms with Gasteiger partial charge < -0.3 is 5.32 Å². The number of rotatable bonds is 4. The summed E-state index contributed by atoms with van der Waals surface area (Å²) >= 11 is 7.67. The molecule has 0 amide bonds. The minimum absolute atomic E-state index is 0.287. The summed E-state index contributed by atoms with van der Waals surface area (Å²) in [7, 11) is 0. The highest BCUT2D eigenvalue weighted by Gasteiger charge is 2.07. The van der Waals surface area contributed by atoms with E-state index in [1.54, 1.807) is 11.3 Å². The fraction of sp³-hybridized carbons (Fsp3) is 0.308. The quantitative estimate of drug-likeness (QED) is 0.906. The van der Waals surface area contributed by atoms with Crippen LogP contribution < -0.4 is 5.32 Å². The van der Waals surface area contributed by atoms with Crippen LogP contribution in [0.3, 0.4) is 0 Å². The molecule has 0 aliphatic heterocycles. The minimum Gasteiger partial charge on any atom is -0.305 e. The Morgan fingerprint density at radius 3 is 2.94 bits per heavy atom. The van der Waals surface area contributed by atoms with Crippen molar-refractivity contribution in [2.24, 2.45) is 0 Å². The van der Waals surface area contributed by atoms with Crippen molar-refractivity contribution in [2.75, 3.05) is 0 Å². The van der Waals surface area contributed by atoms with E-state index in [1.807, 2.05) is 30.6 Å². The fourth-order valence-corrected chi connectivity index (χ4v) is 2.56. The zero-order valence-corrected chi connectivity index (χ0v) is 11.5. The molecule has 90 valence electrons. The third-order valence-electron chi connectivity index (χ3n) is 2.76. The molecule has 1 atom stereocenters. The molecule has 4 heteroatoms. The SMILES string of the molecule is Cc1ncsc1CN[C@@H](C)c1cccc(Cl)c1. The van der Waals surface area contributed by atoms with Crippen molar-refractivity contribution in [1.82, 2.24) is 10.3 Å². The van der Waals surface area contributed by atoms with E-state index >= 15 is 0 Å². The van der Waals surface area contributed by atoms with E-state index < -0.39 is 0 Å². The number of aryl methyl sites for hydroxylation is 1. The molecule has 0 aliphatic rings. The molecule has 2 aromatic rings. The van der Waals surface area contributed by atoms with Gasteiger partial charge in [0.2, 0.25) is 0 Å². The topological polar surface area (TPSA) is 24.9 Å². The van der Waals surface area contributed by atoms with Crippen molar-refractivity contribution < 1.29 is 0 Å². The number of benzene rings is 1. The van der Waals surface area contributed by atoms with E-state index in [1.165, 1.54) is 10.4 Å². The van der Waals surface area contributed by atoms with Crippen LogP contribution >= 0.6 is 22.9 Å². The Morgan fingerprint density at radius 2 is 2.29 bits per heavy atom. The highest BCUT2D eigenvalue weighted by atomic mass is 35.5. The zero-order chi connectivity index (χ0) is 12.3. The Morgan fingerprint density at radius 1 is 1.47 bits per heavy atom. The first-order valence-electron chi connectivity index (χ1n) is 5.54. The Hall–Kier alpha value is -0.900. The largest absolute Gasteiger partial charge is 0.305 e. The molecule has 17 heavy (non-hydrogen) atoms. The van der Waals surface area contributed by atoms with E-state index in [9.17, 15) is 0 Å². The molecule has 0 saturated heterocycles. The van der Waals surface area contributed by atoms with Gasteiger partial charge >= 0.3 is 0 Å². The van der Waals surface area contributed by atoms with Gasteiger partial charge in [-0.15, -0.1) is 11.3 Å². The molecule has 2 nitrogen and oxygen atoms in total.